The molecule has 0 bridgehead atoms. The van der Waals surface area contributed by atoms with Crippen molar-refractivity contribution in [3.8, 4) is 0 Å². The van der Waals surface area contributed by atoms with Crippen LogP contribution in [0.15, 0.2) is 53.9 Å². The lowest BCUT2D eigenvalue weighted by atomic mass is 9.89. The van der Waals surface area contributed by atoms with E-state index in [9.17, 15) is 13.2 Å². The average Bonchev–Trinajstić information content (AvgIpc) is 3.26. The number of fused-ring (bicyclic) bond motifs is 1. The predicted molar refractivity (Wildman–Crippen MR) is 136 cm³/mol. The van der Waals surface area contributed by atoms with Gasteiger partial charge in [-0.2, -0.15) is 18.3 Å². The van der Waals surface area contributed by atoms with Gasteiger partial charge in [0.25, 0.3) is 0 Å². The van der Waals surface area contributed by atoms with E-state index in [1.165, 1.54) is 0 Å². The summed E-state index contributed by atoms with van der Waals surface area (Å²) < 4.78 is 40.0. The Morgan fingerprint density at radius 2 is 1.94 bits per heavy atom. The van der Waals surface area contributed by atoms with Crippen molar-refractivity contribution in [3.63, 3.8) is 0 Å². The van der Waals surface area contributed by atoms with Gasteiger partial charge >= 0.3 is 6.18 Å². The molecule has 0 aliphatic carbocycles. The lowest BCUT2D eigenvalue weighted by Crippen LogP contribution is -2.43. The summed E-state index contributed by atoms with van der Waals surface area (Å²) >= 11 is 0. The van der Waals surface area contributed by atoms with E-state index in [2.05, 4.69) is 15.4 Å². The van der Waals surface area contributed by atoms with Gasteiger partial charge in [0.05, 0.1) is 19.2 Å². The molecule has 3 heterocycles. The van der Waals surface area contributed by atoms with Crippen LogP contribution in [0.3, 0.4) is 0 Å². The number of likely N-dealkylation sites (tertiary alicyclic amines) is 1. The number of hydrogen-bond donors (Lipinski definition) is 2. The first kappa shape index (κ1) is 25.8. The molecule has 0 amide bonds. The van der Waals surface area contributed by atoms with Crippen LogP contribution in [0.1, 0.15) is 43.7 Å². The van der Waals surface area contributed by atoms with Crippen molar-refractivity contribution >= 4 is 22.9 Å². The summed E-state index contributed by atoms with van der Waals surface area (Å²) in [5.41, 5.74) is 4.22. The Hall–Kier alpha value is -3.27. The smallest absolute Gasteiger partial charge is 0.344 e. The Morgan fingerprint density at radius 1 is 1.22 bits per heavy atom. The molecule has 2 N–H and O–H groups in total. The standard InChI is InChI=1S/C26H32F3N7/c1-18-4-6-22(7-5-18)34-24(32-16-21-17-33-36-11-3-10-31-25(21)36)14-23(30)20-8-12-35(13-9-20)19(2)15-26(27,28)29/h3-7,10-11,17,19-20,30H,8-9,12-16H2,1-2H3,(H,32,34). The highest BCUT2D eigenvalue weighted by molar-refractivity contribution is 6.09. The lowest BCUT2D eigenvalue weighted by molar-refractivity contribution is -0.146. The summed E-state index contributed by atoms with van der Waals surface area (Å²) in [7, 11) is 0. The number of halogens is 3. The molecule has 1 aliphatic rings. The number of nitrogens with zero attached hydrogens (tertiary/aromatic N) is 5. The van der Waals surface area contributed by atoms with E-state index < -0.39 is 18.6 Å². The molecular weight excluding hydrogens is 467 g/mol. The number of hydrogen-bond acceptors (Lipinski definition) is 5. The van der Waals surface area contributed by atoms with Crippen LogP contribution in [0.4, 0.5) is 18.9 Å². The SMILES string of the molecule is Cc1ccc(NC(CC(=N)C2CCN(C(C)CC(F)(F)F)CC2)=NCc2cnn3cccnc23)cc1. The fraction of sp³-hybridized carbons (Fsp3) is 0.462. The van der Waals surface area contributed by atoms with E-state index in [0.717, 1.165) is 22.5 Å². The number of aryl methyl sites for hydroxylation is 1. The summed E-state index contributed by atoms with van der Waals surface area (Å²) in [6, 6.07) is 9.25. The summed E-state index contributed by atoms with van der Waals surface area (Å²) in [6.07, 6.45) is 2.04. The maximum Gasteiger partial charge on any atom is 0.390 e. The molecule has 3 aromatic rings. The second-order valence-electron chi connectivity index (χ2n) is 9.49. The molecule has 4 rings (SSSR count). The molecular formula is C26H32F3N7. The number of piperidine rings is 1. The first-order valence-electron chi connectivity index (χ1n) is 12.2. The molecule has 7 nitrogen and oxygen atoms in total. The molecule has 1 saturated heterocycles. The molecule has 0 saturated carbocycles. The van der Waals surface area contributed by atoms with Gasteiger partial charge < -0.3 is 15.6 Å². The van der Waals surface area contributed by atoms with Gasteiger partial charge in [0.15, 0.2) is 5.65 Å². The number of benzene rings is 1. The van der Waals surface area contributed by atoms with Crippen molar-refractivity contribution in [2.24, 2.45) is 10.9 Å². The van der Waals surface area contributed by atoms with Gasteiger partial charge in [-0.15, -0.1) is 0 Å². The van der Waals surface area contributed by atoms with Gasteiger partial charge in [-0.3, -0.25) is 4.99 Å². The first-order valence-corrected chi connectivity index (χ1v) is 12.2. The molecule has 0 spiro atoms. The van der Waals surface area contributed by atoms with Crippen molar-refractivity contribution in [2.75, 3.05) is 18.4 Å². The molecule has 36 heavy (non-hydrogen) atoms. The van der Waals surface area contributed by atoms with Gasteiger partial charge in [0.2, 0.25) is 0 Å². The van der Waals surface area contributed by atoms with Gasteiger partial charge in [-0.25, -0.2) is 9.50 Å². The van der Waals surface area contributed by atoms with E-state index in [4.69, 9.17) is 10.4 Å². The number of nitrogens with one attached hydrogen (secondary N) is 2. The van der Waals surface area contributed by atoms with Crippen molar-refractivity contribution < 1.29 is 13.2 Å². The maximum absolute atomic E-state index is 12.8. The van der Waals surface area contributed by atoms with E-state index in [0.29, 0.717) is 50.4 Å². The molecule has 1 aliphatic heterocycles. The van der Waals surface area contributed by atoms with E-state index >= 15 is 0 Å². The van der Waals surface area contributed by atoms with E-state index in [1.807, 2.05) is 48.4 Å². The largest absolute Gasteiger partial charge is 0.390 e. The minimum atomic E-state index is -4.16. The van der Waals surface area contributed by atoms with Crippen LogP contribution in [-0.2, 0) is 6.54 Å². The van der Waals surface area contributed by atoms with Gasteiger partial charge in [-0.1, -0.05) is 17.7 Å². The first-order chi connectivity index (χ1) is 17.2. The van der Waals surface area contributed by atoms with Crippen LogP contribution in [0.25, 0.3) is 5.65 Å². The number of rotatable bonds is 8. The van der Waals surface area contributed by atoms with Crippen molar-refractivity contribution in [1.82, 2.24) is 19.5 Å². The maximum atomic E-state index is 12.8. The summed E-state index contributed by atoms with van der Waals surface area (Å²) in [5.74, 6) is 0.704. The minimum Gasteiger partial charge on any atom is -0.344 e. The van der Waals surface area contributed by atoms with Gasteiger partial charge in [0, 0.05) is 41.8 Å². The highest BCUT2D eigenvalue weighted by Crippen LogP contribution is 2.28. The van der Waals surface area contributed by atoms with Crippen LogP contribution in [0, 0.1) is 18.3 Å². The molecule has 1 aromatic carbocycles. The number of alkyl halides is 3. The Labute approximate surface area is 209 Å². The van der Waals surface area contributed by atoms with E-state index in [1.54, 1.807) is 23.8 Å². The second kappa shape index (κ2) is 11.2. The van der Waals surface area contributed by atoms with Crippen molar-refractivity contribution in [3.05, 3.63) is 60.0 Å². The van der Waals surface area contributed by atoms with E-state index in [-0.39, 0.29) is 5.92 Å². The fourth-order valence-corrected chi connectivity index (χ4v) is 4.59. The average molecular weight is 500 g/mol. The predicted octanol–water partition coefficient (Wildman–Crippen LogP) is 5.51. The second-order valence-corrected chi connectivity index (χ2v) is 9.49. The number of amidine groups is 1. The molecule has 10 heteroatoms. The summed E-state index contributed by atoms with van der Waals surface area (Å²) in [6.45, 7) is 5.15. The van der Waals surface area contributed by atoms with Gasteiger partial charge in [0.1, 0.15) is 5.84 Å². The summed E-state index contributed by atoms with van der Waals surface area (Å²) in [5, 5.41) is 16.4. The molecule has 192 valence electrons. The Bertz CT molecular complexity index is 1190. The molecule has 1 fully saturated rings. The topological polar surface area (TPSA) is 81.7 Å². The minimum absolute atomic E-state index is 0.0306. The van der Waals surface area contributed by atoms with Crippen LogP contribution in [0.2, 0.25) is 0 Å². The van der Waals surface area contributed by atoms with Crippen LogP contribution in [0.5, 0.6) is 0 Å². The summed E-state index contributed by atoms with van der Waals surface area (Å²) in [4.78, 5) is 11.1. The highest BCUT2D eigenvalue weighted by atomic mass is 19.4. The van der Waals surface area contributed by atoms with Gasteiger partial charge in [-0.05, 0) is 63.9 Å². The monoisotopic (exact) mass is 499 g/mol. The number of aromatic nitrogens is 3. The zero-order chi connectivity index (χ0) is 25.7. The van der Waals surface area contributed by atoms with Crippen LogP contribution in [-0.4, -0.2) is 56.4 Å². The Morgan fingerprint density at radius 3 is 2.64 bits per heavy atom. The molecule has 1 atom stereocenters. The Kier molecular flexibility index (Phi) is 8.03. The third-order valence-electron chi connectivity index (χ3n) is 6.66. The van der Waals surface area contributed by atoms with Crippen LogP contribution >= 0.6 is 0 Å². The zero-order valence-electron chi connectivity index (χ0n) is 20.6. The third kappa shape index (κ3) is 6.90. The highest BCUT2D eigenvalue weighted by Gasteiger charge is 2.34. The third-order valence-corrected chi connectivity index (χ3v) is 6.66. The van der Waals surface area contributed by atoms with Crippen molar-refractivity contribution in [1.29, 1.82) is 5.41 Å². The number of aliphatic imine (C=N–C) groups is 1. The zero-order valence-corrected chi connectivity index (χ0v) is 20.6. The number of anilines is 1. The fourth-order valence-electron chi connectivity index (χ4n) is 4.59. The molecule has 0 radical (unpaired) electrons. The lowest BCUT2D eigenvalue weighted by Gasteiger charge is -2.36. The van der Waals surface area contributed by atoms with Crippen molar-refractivity contribution in [2.45, 2.75) is 58.3 Å². The molecule has 1 unspecified atom stereocenters. The van der Waals surface area contributed by atoms with Crippen LogP contribution < -0.4 is 5.32 Å². The Balaban J connectivity index is 1.43. The quantitative estimate of drug-likeness (QED) is 0.316. The molecule has 2 aromatic heterocycles. The normalized spacial score (nSPS) is 16.9.